The molecule has 4 heteroatoms. The summed E-state index contributed by atoms with van der Waals surface area (Å²) in [5.74, 6) is 0. The van der Waals surface area contributed by atoms with Crippen LogP contribution in [0, 0.1) is 18.3 Å². The van der Waals surface area contributed by atoms with Crippen LogP contribution in [0.5, 0.6) is 0 Å². The number of nitrogens with zero attached hydrogens (tertiary/aromatic N) is 2. The maximum absolute atomic E-state index is 11.9. The lowest BCUT2D eigenvalue weighted by Gasteiger charge is -2.12. The summed E-state index contributed by atoms with van der Waals surface area (Å²) in [6.07, 6.45) is 3.89. The Balaban J connectivity index is 2.28. The fourth-order valence-electron chi connectivity index (χ4n) is 1.95. The molecule has 16 heavy (non-hydrogen) atoms. The van der Waals surface area contributed by atoms with Crippen molar-refractivity contribution in [2.24, 2.45) is 0 Å². The van der Waals surface area contributed by atoms with Crippen LogP contribution in [0.3, 0.4) is 0 Å². The summed E-state index contributed by atoms with van der Waals surface area (Å²) in [5.41, 5.74) is 0.759. The number of hydrogen-bond acceptors (Lipinski definition) is 3. The SMILES string of the molecule is Cc1ccn(CC2CCCO2)c(=O)c1C#N. The Morgan fingerprint density at radius 3 is 3.12 bits per heavy atom. The van der Waals surface area contributed by atoms with Gasteiger partial charge >= 0.3 is 0 Å². The molecule has 0 aromatic carbocycles. The van der Waals surface area contributed by atoms with Crippen molar-refractivity contribution in [3.63, 3.8) is 0 Å². The Labute approximate surface area is 94.1 Å². The Kier molecular flexibility index (Phi) is 3.07. The first-order valence-electron chi connectivity index (χ1n) is 5.44. The second-order valence-electron chi connectivity index (χ2n) is 4.08. The number of hydrogen-bond donors (Lipinski definition) is 0. The summed E-state index contributed by atoms with van der Waals surface area (Å²) < 4.78 is 7.04. The Hall–Kier alpha value is -1.60. The number of rotatable bonds is 2. The second-order valence-corrected chi connectivity index (χ2v) is 4.08. The van der Waals surface area contributed by atoms with Crippen LogP contribution in [-0.2, 0) is 11.3 Å². The molecule has 1 aliphatic rings. The number of pyridine rings is 1. The molecule has 1 fully saturated rings. The highest BCUT2D eigenvalue weighted by Crippen LogP contribution is 2.13. The van der Waals surface area contributed by atoms with Gasteiger partial charge in [0.1, 0.15) is 11.6 Å². The van der Waals surface area contributed by atoms with Gasteiger partial charge in [0, 0.05) is 12.8 Å². The van der Waals surface area contributed by atoms with E-state index < -0.39 is 0 Å². The van der Waals surface area contributed by atoms with Crippen LogP contribution in [-0.4, -0.2) is 17.3 Å². The van der Waals surface area contributed by atoms with Crippen LogP contribution in [0.25, 0.3) is 0 Å². The first-order chi connectivity index (χ1) is 7.72. The molecule has 1 atom stereocenters. The third-order valence-electron chi connectivity index (χ3n) is 2.91. The smallest absolute Gasteiger partial charge is 0.268 e. The molecule has 0 bridgehead atoms. The molecular formula is C12H14N2O2. The number of aryl methyl sites for hydroxylation is 1. The highest BCUT2D eigenvalue weighted by atomic mass is 16.5. The van der Waals surface area contributed by atoms with Crippen LogP contribution >= 0.6 is 0 Å². The molecule has 4 nitrogen and oxygen atoms in total. The van der Waals surface area contributed by atoms with E-state index in [0.29, 0.717) is 6.54 Å². The van der Waals surface area contributed by atoms with Crippen molar-refractivity contribution in [1.29, 1.82) is 5.26 Å². The lowest BCUT2D eigenvalue weighted by Crippen LogP contribution is -2.28. The molecule has 2 heterocycles. The van der Waals surface area contributed by atoms with Crippen molar-refractivity contribution in [1.82, 2.24) is 4.57 Å². The molecule has 1 aromatic rings. The van der Waals surface area contributed by atoms with Crippen LogP contribution in [0.4, 0.5) is 0 Å². The fourth-order valence-corrected chi connectivity index (χ4v) is 1.95. The van der Waals surface area contributed by atoms with Crippen LogP contribution in [0.1, 0.15) is 24.0 Å². The third-order valence-corrected chi connectivity index (χ3v) is 2.91. The van der Waals surface area contributed by atoms with Gasteiger partial charge in [0.25, 0.3) is 5.56 Å². The van der Waals surface area contributed by atoms with Crippen LogP contribution in [0.15, 0.2) is 17.1 Å². The Bertz CT molecular complexity index is 479. The van der Waals surface area contributed by atoms with E-state index in [4.69, 9.17) is 10.00 Å². The highest BCUT2D eigenvalue weighted by Gasteiger charge is 2.17. The molecule has 0 saturated carbocycles. The molecule has 0 spiro atoms. The molecule has 1 aromatic heterocycles. The molecule has 1 unspecified atom stereocenters. The molecular weight excluding hydrogens is 204 g/mol. The maximum Gasteiger partial charge on any atom is 0.268 e. The summed E-state index contributed by atoms with van der Waals surface area (Å²) in [7, 11) is 0. The normalized spacial score (nSPS) is 19.6. The molecule has 0 amide bonds. The average molecular weight is 218 g/mol. The van der Waals surface area contributed by atoms with Gasteiger partial charge in [-0.3, -0.25) is 4.79 Å². The Morgan fingerprint density at radius 2 is 2.50 bits per heavy atom. The van der Waals surface area contributed by atoms with E-state index in [1.165, 1.54) is 0 Å². The molecule has 1 saturated heterocycles. The fraction of sp³-hybridized carbons (Fsp3) is 0.500. The second kappa shape index (κ2) is 4.50. The van der Waals surface area contributed by atoms with E-state index in [2.05, 4.69) is 0 Å². The molecule has 0 aliphatic carbocycles. The van der Waals surface area contributed by atoms with Crippen molar-refractivity contribution in [3.8, 4) is 6.07 Å². The minimum Gasteiger partial charge on any atom is -0.376 e. The van der Waals surface area contributed by atoms with Gasteiger partial charge in [0.2, 0.25) is 0 Å². The van der Waals surface area contributed by atoms with Gasteiger partial charge in [0.15, 0.2) is 0 Å². The first-order valence-corrected chi connectivity index (χ1v) is 5.44. The van der Waals surface area contributed by atoms with Crippen LogP contribution < -0.4 is 5.56 Å². The van der Waals surface area contributed by atoms with E-state index in [-0.39, 0.29) is 17.2 Å². The molecule has 1 aliphatic heterocycles. The summed E-state index contributed by atoms with van der Waals surface area (Å²) in [5, 5.41) is 8.89. The standard InChI is InChI=1S/C12H14N2O2/c1-9-4-5-14(12(15)11(9)7-13)8-10-3-2-6-16-10/h4-5,10H,2-3,6,8H2,1H3. The van der Waals surface area contributed by atoms with Gasteiger partial charge in [0.05, 0.1) is 12.6 Å². The van der Waals surface area contributed by atoms with Gasteiger partial charge < -0.3 is 9.30 Å². The van der Waals surface area contributed by atoms with E-state index in [1.54, 1.807) is 23.8 Å². The lowest BCUT2D eigenvalue weighted by molar-refractivity contribution is 0.0961. The maximum atomic E-state index is 11.9. The number of nitriles is 1. The zero-order chi connectivity index (χ0) is 11.5. The zero-order valence-electron chi connectivity index (χ0n) is 9.27. The average Bonchev–Trinajstić information content (AvgIpc) is 2.76. The summed E-state index contributed by atoms with van der Waals surface area (Å²) in [6.45, 7) is 3.10. The number of aromatic nitrogens is 1. The highest BCUT2D eigenvalue weighted by molar-refractivity contribution is 5.33. The van der Waals surface area contributed by atoms with E-state index in [1.807, 2.05) is 6.07 Å². The predicted molar refractivity (Wildman–Crippen MR) is 59.1 cm³/mol. The monoisotopic (exact) mass is 218 g/mol. The molecule has 0 N–H and O–H groups in total. The summed E-state index contributed by atoms with van der Waals surface area (Å²) in [6, 6.07) is 3.76. The molecule has 84 valence electrons. The van der Waals surface area contributed by atoms with E-state index in [0.717, 1.165) is 25.0 Å². The minimum absolute atomic E-state index is 0.118. The Morgan fingerprint density at radius 1 is 1.69 bits per heavy atom. The van der Waals surface area contributed by atoms with Crippen molar-refractivity contribution in [2.75, 3.05) is 6.61 Å². The largest absolute Gasteiger partial charge is 0.376 e. The topological polar surface area (TPSA) is 55.0 Å². The van der Waals surface area contributed by atoms with Gasteiger partial charge in [-0.15, -0.1) is 0 Å². The summed E-state index contributed by atoms with van der Waals surface area (Å²) >= 11 is 0. The lowest BCUT2D eigenvalue weighted by atomic mass is 10.1. The summed E-state index contributed by atoms with van der Waals surface area (Å²) in [4.78, 5) is 11.9. The van der Waals surface area contributed by atoms with Gasteiger partial charge in [-0.05, 0) is 31.4 Å². The van der Waals surface area contributed by atoms with E-state index in [9.17, 15) is 4.79 Å². The van der Waals surface area contributed by atoms with Crippen molar-refractivity contribution >= 4 is 0 Å². The van der Waals surface area contributed by atoms with E-state index >= 15 is 0 Å². The van der Waals surface area contributed by atoms with Gasteiger partial charge in [-0.1, -0.05) is 0 Å². The quantitative estimate of drug-likeness (QED) is 0.749. The zero-order valence-corrected chi connectivity index (χ0v) is 9.27. The van der Waals surface area contributed by atoms with Crippen molar-refractivity contribution in [2.45, 2.75) is 32.4 Å². The minimum atomic E-state index is -0.210. The first kappa shape index (κ1) is 10.9. The molecule has 2 rings (SSSR count). The number of ether oxygens (including phenoxy) is 1. The molecule has 0 radical (unpaired) electrons. The predicted octanol–water partition coefficient (Wildman–Crippen LogP) is 1.21. The van der Waals surface area contributed by atoms with Gasteiger partial charge in [-0.25, -0.2) is 0 Å². The van der Waals surface area contributed by atoms with Gasteiger partial charge in [-0.2, -0.15) is 5.26 Å². The van der Waals surface area contributed by atoms with Crippen molar-refractivity contribution in [3.05, 3.63) is 33.7 Å². The third kappa shape index (κ3) is 2.00. The van der Waals surface area contributed by atoms with Crippen molar-refractivity contribution < 1.29 is 4.74 Å². The van der Waals surface area contributed by atoms with Crippen LogP contribution in [0.2, 0.25) is 0 Å².